The lowest BCUT2D eigenvalue weighted by Gasteiger charge is -2.27. The van der Waals surface area contributed by atoms with E-state index in [9.17, 15) is 5.11 Å². The van der Waals surface area contributed by atoms with Crippen LogP contribution in [0.2, 0.25) is 0 Å². The molecule has 74 valence electrons. The summed E-state index contributed by atoms with van der Waals surface area (Å²) in [6.07, 6.45) is 1.64. The first-order chi connectivity index (χ1) is 6.73. The number of hydrogen-bond acceptors (Lipinski definition) is 2. The van der Waals surface area contributed by atoms with Gasteiger partial charge in [0, 0.05) is 0 Å². The van der Waals surface area contributed by atoms with Gasteiger partial charge in [-0.05, 0) is 19.3 Å². The SMILES string of the molecule is CC#C[C@H](O)NC1C#CC12CC2CC. The van der Waals surface area contributed by atoms with Crippen molar-refractivity contribution >= 4 is 0 Å². The Kier molecular flexibility index (Phi) is 2.27. The molecule has 3 unspecified atom stereocenters. The minimum atomic E-state index is -0.727. The summed E-state index contributed by atoms with van der Waals surface area (Å²) in [6, 6.07) is 0.156. The number of aliphatic hydroxyl groups excluding tert-OH is 1. The maximum atomic E-state index is 9.45. The van der Waals surface area contributed by atoms with E-state index in [1.54, 1.807) is 6.92 Å². The molecule has 0 aromatic rings. The molecule has 2 aliphatic carbocycles. The van der Waals surface area contributed by atoms with Crippen LogP contribution in [0.5, 0.6) is 0 Å². The van der Waals surface area contributed by atoms with Gasteiger partial charge >= 0.3 is 0 Å². The highest BCUT2D eigenvalue weighted by Crippen LogP contribution is 2.59. The van der Waals surface area contributed by atoms with Gasteiger partial charge in [-0.2, -0.15) is 0 Å². The van der Waals surface area contributed by atoms with Crippen molar-refractivity contribution in [1.82, 2.24) is 5.32 Å². The third-order valence-corrected chi connectivity index (χ3v) is 3.22. The molecule has 1 saturated carbocycles. The summed E-state index contributed by atoms with van der Waals surface area (Å²) in [6.45, 7) is 3.91. The first-order valence-electron chi connectivity index (χ1n) is 5.12. The Morgan fingerprint density at radius 2 is 2.50 bits per heavy atom. The molecule has 2 aliphatic rings. The Morgan fingerprint density at radius 1 is 1.71 bits per heavy atom. The fraction of sp³-hybridized carbons (Fsp3) is 0.667. The molecule has 1 fully saturated rings. The smallest absolute Gasteiger partial charge is 0.169 e. The van der Waals surface area contributed by atoms with E-state index in [0.717, 1.165) is 5.92 Å². The molecule has 14 heavy (non-hydrogen) atoms. The normalized spacial score (nSPS) is 38.8. The van der Waals surface area contributed by atoms with Crippen molar-refractivity contribution in [2.45, 2.75) is 39.0 Å². The fourth-order valence-corrected chi connectivity index (χ4v) is 2.22. The number of aliphatic hydroxyl groups is 1. The van der Waals surface area contributed by atoms with Gasteiger partial charge in [-0.15, -0.1) is 5.92 Å². The molecule has 0 amide bonds. The molecule has 1 spiro atoms. The molecule has 0 bridgehead atoms. The Bertz CT molecular complexity index is 354. The standard InChI is InChI=1S/C12H15NO/c1-3-5-11(14)13-10-6-7-12(10)8-9(12)4-2/h9-11,13-14H,4,8H2,1-2H3/t9?,10?,11-,12?/m0/s1. The third kappa shape index (κ3) is 1.32. The van der Waals surface area contributed by atoms with Crippen LogP contribution in [-0.4, -0.2) is 17.4 Å². The molecule has 0 saturated heterocycles. The van der Waals surface area contributed by atoms with Gasteiger partial charge in [0.05, 0.1) is 11.5 Å². The van der Waals surface area contributed by atoms with E-state index >= 15 is 0 Å². The van der Waals surface area contributed by atoms with Crippen LogP contribution in [-0.2, 0) is 0 Å². The summed E-state index contributed by atoms with van der Waals surface area (Å²) in [4.78, 5) is 0. The lowest BCUT2D eigenvalue weighted by atomic mass is 9.85. The summed E-state index contributed by atoms with van der Waals surface area (Å²) in [5.41, 5.74) is 0.186. The van der Waals surface area contributed by atoms with Crippen LogP contribution >= 0.6 is 0 Å². The average molecular weight is 189 g/mol. The molecule has 0 radical (unpaired) electrons. The summed E-state index contributed by atoms with van der Waals surface area (Å²) < 4.78 is 0. The fourth-order valence-electron chi connectivity index (χ4n) is 2.22. The third-order valence-electron chi connectivity index (χ3n) is 3.22. The zero-order chi connectivity index (χ0) is 10.2. The van der Waals surface area contributed by atoms with E-state index in [0.29, 0.717) is 0 Å². The van der Waals surface area contributed by atoms with Gasteiger partial charge in [0.25, 0.3) is 0 Å². The Morgan fingerprint density at radius 3 is 2.93 bits per heavy atom. The van der Waals surface area contributed by atoms with Crippen molar-refractivity contribution in [1.29, 1.82) is 0 Å². The van der Waals surface area contributed by atoms with Crippen LogP contribution in [0.3, 0.4) is 0 Å². The summed E-state index contributed by atoms with van der Waals surface area (Å²) in [5, 5.41) is 12.5. The highest BCUT2D eigenvalue weighted by Gasteiger charge is 2.60. The first kappa shape index (κ1) is 9.59. The van der Waals surface area contributed by atoms with Gasteiger partial charge in [-0.1, -0.05) is 31.1 Å². The topological polar surface area (TPSA) is 32.3 Å². The monoisotopic (exact) mass is 189 g/mol. The van der Waals surface area contributed by atoms with Crippen LogP contribution in [0.4, 0.5) is 0 Å². The van der Waals surface area contributed by atoms with Crippen molar-refractivity contribution in [3.63, 3.8) is 0 Å². The zero-order valence-corrected chi connectivity index (χ0v) is 8.59. The molecule has 0 aromatic heterocycles. The van der Waals surface area contributed by atoms with Gasteiger partial charge < -0.3 is 5.11 Å². The lowest BCUT2D eigenvalue weighted by Crippen LogP contribution is -2.46. The molecule has 2 nitrogen and oxygen atoms in total. The number of hydrogen-bond donors (Lipinski definition) is 2. The minimum Gasteiger partial charge on any atom is -0.367 e. The molecular formula is C12H15NO. The minimum absolute atomic E-state index is 0.156. The van der Waals surface area contributed by atoms with Crippen molar-refractivity contribution in [2.75, 3.05) is 0 Å². The predicted molar refractivity (Wildman–Crippen MR) is 55.0 cm³/mol. The molecule has 2 heteroatoms. The Hall–Kier alpha value is -0.960. The van der Waals surface area contributed by atoms with Crippen molar-refractivity contribution in [3.8, 4) is 23.7 Å². The second-order valence-electron chi connectivity index (χ2n) is 4.02. The highest BCUT2D eigenvalue weighted by atomic mass is 16.3. The molecular weight excluding hydrogens is 174 g/mol. The molecule has 0 heterocycles. The van der Waals surface area contributed by atoms with E-state index in [2.05, 4.69) is 35.9 Å². The second kappa shape index (κ2) is 3.31. The maximum Gasteiger partial charge on any atom is 0.169 e. The molecule has 0 aromatic carbocycles. The van der Waals surface area contributed by atoms with E-state index < -0.39 is 6.23 Å². The van der Waals surface area contributed by atoms with E-state index in [-0.39, 0.29) is 11.5 Å². The van der Waals surface area contributed by atoms with Gasteiger partial charge in [0.2, 0.25) is 0 Å². The quantitative estimate of drug-likeness (QED) is 0.506. The van der Waals surface area contributed by atoms with Gasteiger partial charge in [0.15, 0.2) is 6.23 Å². The van der Waals surface area contributed by atoms with Crippen LogP contribution in [0, 0.1) is 35.0 Å². The van der Waals surface area contributed by atoms with E-state index in [1.807, 2.05) is 0 Å². The molecule has 2 rings (SSSR count). The first-order valence-corrected chi connectivity index (χ1v) is 5.12. The summed E-state index contributed by atoms with van der Waals surface area (Å²) in [7, 11) is 0. The predicted octanol–water partition coefficient (Wildman–Crippen LogP) is 0.720. The van der Waals surface area contributed by atoms with Gasteiger partial charge in [-0.25, -0.2) is 0 Å². The number of nitrogens with one attached hydrogen (secondary N) is 1. The van der Waals surface area contributed by atoms with Crippen LogP contribution < -0.4 is 5.32 Å². The molecule has 0 aliphatic heterocycles. The number of rotatable bonds is 3. The summed E-state index contributed by atoms with van der Waals surface area (Å²) in [5.74, 6) is 12.4. The van der Waals surface area contributed by atoms with Crippen molar-refractivity contribution < 1.29 is 5.11 Å². The average Bonchev–Trinajstić information content (AvgIpc) is 2.90. The molecule has 2 N–H and O–H groups in total. The van der Waals surface area contributed by atoms with Crippen LogP contribution in [0.15, 0.2) is 0 Å². The lowest BCUT2D eigenvalue weighted by molar-refractivity contribution is 0.170. The largest absolute Gasteiger partial charge is 0.367 e. The van der Waals surface area contributed by atoms with Crippen molar-refractivity contribution in [3.05, 3.63) is 0 Å². The zero-order valence-electron chi connectivity index (χ0n) is 8.59. The molecule has 4 atom stereocenters. The maximum absolute atomic E-state index is 9.45. The van der Waals surface area contributed by atoms with Gasteiger partial charge in [-0.3, -0.25) is 5.32 Å². The van der Waals surface area contributed by atoms with Crippen LogP contribution in [0.1, 0.15) is 26.7 Å². The van der Waals surface area contributed by atoms with E-state index in [4.69, 9.17) is 0 Å². The second-order valence-corrected chi connectivity index (χ2v) is 4.02. The highest BCUT2D eigenvalue weighted by molar-refractivity contribution is 5.42. The Balaban J connectivity index is 1.91. The van der Waals surface area contributed by atoms with Crippen molar-refractivity contribution in [2.24, 2.45) is 11.3 Å². The Labute approximate surface area is 85.1 Å². The summed E-state index contributed by atoms with van der Waals surface area (Å²) >= 11 is 0. The van der Waals surface area contributed by atoms with Crippen LogP contribution in [0.25, 0.3) is 0 Å². The van der Waals surface area contributed by atoms with E-state index in [1.165, 1.54) is 12.8 Å². The van der Waals surface area contributed by atoms with Gasteiger partial charge in [0.1, 0.15) is 0 Å².